The summed E-state index contributed by atoms with van der Waals surface area (Å²) in [5.74, 6) is -0.192. The maximum atomic E-state index is 12.4. The third-order valence-electron chi connectivity index (χ3n) is 7.01. The van der Waals surface area contributed by atoms with Crippen LogP contribution in [0.5, 0.6) is 17.2 Å². The van der Waals surface area contributed by atoms with Crippen LogP contribution in [0.2, 0.25) is 0 Å². The fraction of sp³-hybridized carbons (Fsp3) is 0.300. The summed E-state index contributed by atoms with van der Waals surface area (Å²) < 4.78 is 43.4. The van der Waals surface area contributed by atoms with Crippen molar-refractivity contribution in [2.45, 2.75) is 32.0 Å². The van der Waals surface area contributed by atoms with Crippen molar-refractivity contribution in [3.63, 3.8) is 0 Å². The Kier molecular flexibility index (Phi) is 18.3. The molecular formula is C40H44O12. The summed E-state index contributed by atoms with van der Waals surface area (Å²) in [5.41, 5.74) is 2.30. The SMILES string of the molecule is C=CC(=O)OCCCCOCC(COc1ccc(COc2ccc(CCOC(=O)c3ccc(OCCOC(=O)C=C)cc3)cc2)cc1)OC(=O)C=C. The van der Waals surface area contributed by atoms with Gasteiger partial charge in [0.15, 0.2) is 6.10 Å². The first-order valence-corrected chi connectivity index (χ1v) is 16.6. The van der Waals surface area contributed by atoms with E-state index < -0.39 is 30.0 Å². The number of rotatable bonds is 25. The number of ether oxygens (including phenoxy) is 8. The van der Waals surface area contributed by atoms with Gasteiger partial charge in [0, 0.05) is 31.3 Å². The van der Waals surface area contributed by atoms with Gasteiger partial charge in [0.2, 0.25) is 0 Å². The van der Waals surface area contributed by atoms with Gasteiger partial charge in [-0.05, 0) is 72.5 Å². The molecule has 52 heavy (non-hydrogen) atoms. The van der Waals surface area contributed by atoms with Crippen molar-refractivity contribution in [2.75, 3.05) is 46.2 Å². The summed E-state index contributed by atoms with van der Waals surface area (Å²) in [6.45, 7) is 11.8. The highest BCUT2D eigenvalue weighted by atomic mass is 16.6. The molecule has 0 saturated carbocycles. The van der Waals surface area contributed by atoms with E-state index >= 15 is 0 Å². The molecule has 0 N–H and O–H groups in total. The minimum Gasteiger partial charge on any atom is -0.490 e. The molecule has 3 aromatic carbocycles. The highest BCUT2D eigenvalue weighted by molar-refractivity contribution is 5.89. The first-order chi connectivity index (χ1) is 25.3. The third kappa shape index (κ3) is 16.2. The highest BCUT2D eigenvalue weighted by Crippen LogP contribution is 2.18. The van der Waals surface area contributed by atoms with E-state index in [2.05, 4.69) is 19.7 Å². The Balaban J connectivity index is 1.33. The van der Waals surface area contributed by atoms with E-state index in [1.807, 2.05) is 36.4 Å². The Hall–Kier alpha value is -5.88. The van der Waals surface area contributed by atoms with E-state index in [1.54, 1.807) is 36.4 Å². The van der Waals surface area contributed by atoms with Crippen molar-refractivity contribution in [2.24, 2.45) is 0 Å². The summed E-state index contributed by atoms with van der Waals surface area (Å²) in [5, 5.41) is 0. The lowest BCUT2D eigenvalue weighted by atomic mass is 10.1. The van der Waals surface area contributed by atoms with E-state index in [0.717, 1.165) is 29.4 Å². The van der Waals surface area contributed by atoms with Crippen LogP contribution in [0.4, 0.5) is 0 Å². The van der Waals surface area contributed by atoms with Gasteiger partial charge in [-0.3, -0.25) is 0 Å². The molecule has 12 heteroatoms. The quantitative estimate of drug-likeness (QED) is 0.0454. The van der Waals surface area contributed by atoms with Gasteiger partial charge in [-0.2, -0.15) is 0 Å². The molecule has 0 aliphatic carbocycles. The van der Waals surface area contributed by atoms with Gasteiger partial charge in [0.05, 0.1) is 25.4 Å². The van der Waals surface area contributed by atoms with Crippen LogP contribution in [0.3, 0.4) is 0 Å². The maximum Gasteiger partial charge on any atom is 0.338 e. The van der Waals surface area contributed by atoms with Crippen LogP contribution in [0.15, 0.2) is 111 Å². The van der Waals surface area contributed by atoms with E-state index in [9.17, 15) is 19.2 Å². The average molecular weight is 717 g/mol. The van der Waals surface area contributed by atoms with Crippen molar-refractivity contribution in [1.82, 2.24) is 0 Å². The van der Waals surface area contributed by atoms with Gasteiger partial charge in [0.25, 0.3) is 0 Å². The molecule has 3 rings (SSSR count). The molecule has 0 radical (unpaired) electrons. The van der Waals surface area contributed by atoms with Crippen LogP contribution in [0.1, 0.15) is 34.3 Å². The van der Waals surface area contributed by atoms with E-state index in [-0.39, 0.29) is 39.6 Å². The lowest BCUT2D eigenvalue weighted by molar-refractivity contribution is -0.148. The van der Waals surface area contributed by atoms with Crippen LogP contribution in [0, 0.1) is 0 Å². The lowest BCUT2D eigenvalue weighted by Gasteiger charge is -2.18. The fourth-order valence-electron chi connectivity index (χ4n) is 4.26. The number of benzene rings is 3. The van der Waals surface area contributed by atoms with Gasteiger partial charge in [-0.1, -0.05) is 44.0 Å². The second kappa shape index (κ2) is 23.5. The highest BCUT2D eigenvalue weighted by Gasteiger charge is 2.15. The van der Waals surface area contributed by atoms with Crippen molar-refractivity contribution in [3.8, 4) is 17.2 Å². The Labute approximate surface area is 303 Å². The van der Waals surface area contributed by atoms with E-state index in [1.165, 1.54) is 0 Å². The number of hydrogen-bond acceptors (Lipinski definition) is 12. The first kappa shape index (κ1) is 40.5. The summed E-state index contributed by atoms with van der Waals surface area (Å²) in [4.78, 5) is 46.3. The van der Waals surface area contributed by atoms with Gasteiger partial charge >= 0.3 is 23.9 Å². The zero-order chi connectivity index (χ0) is 37.4. The summed E-state index contributed by atoms with van der Waals surface area (Å²) in [6.07, 6.45) is 4.46. The van der Waals surface area contributed by atoms with E-state index in [0.29, 0.717) is 55.3 Å². The van der Waals surface area contributed by atoms with Crippen LogP contribution in [-0.4, -0.2) is 76.2 Å². The van der Waals surface area contributed by atoms with Crippen LogP contribution < -0.4 is 14.2 Å². The molecule has 0 aliphatic rings. The van der Waals surface area contributed by atoms with Gasteiger partial charge in [0.1, 0.15) is 43.7 Å². The summed E-state index contributed by atoms with van der Waals surface area (Å²) in [7, 11) is 0. The molecule has 12 nitrogen and oxygen atoms in total. The minimum atomic E-state index is -0.643. The normalized spacial score (nSPS) is 10.9. The monoisotopic (exact) mass is 716 g/mol. The van der Waals surface area contributed by atoms with Crippen LogP contribution in [-0.2, 0) is 51.1 Å². The number of carbonyl (C=O) groups is 4. The van der Waals surface area contributed by atoms with Crippen molar-refractivity contribution in [1.29, 1.82) is 0 Å². The standard InChI is InChI=1S/C40H44O12/c1-4-37(41)47-23-8-7-22-45-28-36(52-39(43)6-3)29-51-35-17-11-31(12-18-35)27-50-34-15-9-30(10-16-34)21-24-49-40(44)32-13-19-33(20-14-32)46-25-26-48-38(42)5-2/h4-6,9-20,36H,1-3,7-8,21-29H2. The van der Waals surface area contributed by atoms with Gasteiger partial charge < -0.3 is 37.9 Å². The molecule has 3 aromatic rings. The predicted octanol–water partition coefficient (Wildman–Crippen LogP) is 5.78. The first-order valence-electron chi connectivity index (χ1n) is 16.6. The zero-order valence-electron chi connectivity index (χ0n) is 29.0. The Morgan fingerprint density at radius 2 is 1.10 bits per heavy atom. The predicted molar refractivity (Wildman–Crippen MR) is 191 cm³/mol. The Morgan fingerprint density at radius 3 is 1.75 bits per heavy atom. The molecule has 0 heterocycles. The molecule has 0 fully saturated rings. The lowest BCUT2D eigenvalue weighted by Crippen LogP contribution is -2.29. The fourth-order valence-corrected chi connectivity index (χ4v) is 4.26. The van der Waals surface area contributed by atoms with E-state index in [4.69, 9.17) is 37.9 Å². The summed E-state index contributed by atoms with van der Waals surface area (Å²) >= 11 is 0. The minimum absolute atomic E-state index is 0.0830. The number of esters is 4. The maximum absolute atomic E-state index is 12.4. The number of carbonyl (C=O) groups excluding carboxylic acids is 4. The van der Waals surface area contributed by atoms with Gasteiger partial charge in [-0.15, -0.1) is 0 Å². The Morgan fingerprint density at radius 1 is 0.538 bits per heavy atom. The van der Waals surface area contributed by atoms with Crippen molar-refractivity contribution < 1.29 is 57.1 Å². The molecule has 0 amide bonds. The molecule has 1 atom stereocenters. The molecular weight excluding hydrogens is 672 g/mol. The smallest absolute Gasteiger partial charge is 0.338 e. The largest absolute Gasteiger partial charge is 0.490 e. The topological polar surface area (TPSA) is 142 Å². The van der Waals surface area contributed by atoms with Crippen molar-refractivity contribution in [3.05, 3.63) is 127 Å². The van der Waals surface area contributed by atoms with Crippen LogP contribution >= 0.6 is 0 Å². The van der Waals surface area contributed by atoms with Gasteiger partial charge in [-0.25, -0.2) is 19.2 Å². The molecule has 0 aromatic heterocycles. The molecule has 0 bridgehead atoms. The number of unbranched alkanes of at least 4 members (excludes halogenated alkanes) is 1. The second-order valence-corrected chi connectivity index (χ2v) is 10.9. The summed E-state index contributed by atoms with van der Waals surface area (Å²) in [6, 6.07) is 21.4. The molecule has 1 unspecified atom stereocenters. The third-order valence-corrected chi connectivity index (χ3v) is 7.01. The van der Waals surface area contributed by atoms with Crippen molar-refractivity contribution >= 4 is 23.9 Å². The van der Waals surface area contributed by atoms with Crippen LogP contribution in [0.25, 0.3) is 0 Å². The Bertz CT molecular complexity index is 1580. The average Bonchev–Trinajstić information content (AvgIpc) is 3.17. The second-order valence-electron chi connectivity index (χ2n) is 10.9. The molecule has 276 valence electrons. The number of hydrogen-bond donors (Lipinski definition) is 0. The molecule has 0 saturated heterocycles. The molecule has 0 spiro atoms. The molecule has 0 aliphatic heterocycles. The zero-order valence-corrected chi connectivity index (χ0v) is 29.0.